The van der Waals surface area contributed by atoms with Gasteiger partial charge >= 0.3 is 0 Å². The maximum atomic E-state index is 12.5. The minimum atomic E-state index is 0.192. The lowest BCUT2D eigenvalue weighted by atomic mass is 9.98. The summed E-state index contributed by atoms with van der Waals surface area (Å²) in [6.07, 6.45) is 3.14. The molecular weight excluding hydrogens is 262 g/mol. The van der Waals surface area contributed by atoms with Gasteiger partial charge in [-0.05, 0) is 56.3 Å². The van der Waals surface area contributed by atoms with Gasteiger partial charge in [0.05, 0.1) is 12.7 Å². The van der Waals surface area contributed by atoms with Gasteiger partial charge in [-0.15, -0.1) is 0 Å². The monoisotopic (exact) mass is 289 g/mol. The maximum absolute atomic E-state index is 12.5. The van der Waals surface area contributed by atoms with Crippen LogP contribution in [0.3, 0.4) is 0 Å². The summed E-state index contributed by atoms with van der Waals surface area (Å²) < 4.78 is 5.43. The molecule has 1 saturated heterocycles. The average Bonchev–Trinajstić information content (AvgIpc) is 2.44. The van der Waals surface area contributed by atoms with E-state index in [9.17, 15) is 4.79 Å². The predicted molar refractivity (Wildman–Crippen MR) is 86.3 cm³/mol. The van der Waals surface area contributed by atoms with Crippen LogP contribution in [0.5, 0.6) is 5.75 Å². The molecule has 0 amide bonds. The number of hydrogen-bond acceptors (Lipinski definition) is 3. The summed E-state index contributed by atoms with van der Waals surface area (Å²) in [5, 5.41) is 0. The minimum absolute atomic E-state index is 0.192. The molecule has 116 valence electrons. The molecule has 1 aliphatic heterocycles. The molecule has 3 nitrogen and oxygen atoms in total. The zero-order valence-corrected chi connectivity index (χ0v) is 13.7. The summed E-state index contributed by atoms with van der Waals surface area (Å²) in [5.41, 5.74) is 2.88. The Kier molecular flexibility index (Phi) is 5.40. The fraction of sp³-hybridized carbons (Fsp3) is 0.611. The third kappa shape index (κ3) is 4.07. The SMILES string of the molecule is COc1c(C)cc(C)cc1C(=O)CCN1CCCC(C)C1. The number of hydrogen-bond donors (Lipinski definition) is 0. The molecule has 1 atom stereocenters. The van der Waals surface area contributed by atoms with Gasteiger partial charge in [0.15, 0.2) is 5.78 Å². The predicted octanol–water partition coefficient (Wildman–Crippen LogP) is 3.62. The zero-order valence-electron chi connectivity index (χ0n) is 13.7. The van der Waals surface area contributed by atoms with Gasteiger partial charge in [0.1, 0.15) is 5.75 Å². The summed E-state index contributed by atoms with van der Waals surface area (Å²) in [7, 11) is 1.64. The molecule has 1 aliphatic rings. The van der Waals surface area contributed by atoms with Crippen molar-refractivity contribution < 1.29 is 9.53 Å². The van der Waals surface area contributed by atoms with Crippen molar-refractivity contribution in [2.24, 2.45) is 5.92 Å². The molecule has 1 heterocycles. The van der Waals surface area contributed by atoms with E-state index in [1.54, 1.807) is 7.11 Å². The van der Waals surface area contributed by atoms with Crippen molar-refractivity contribution >= 4 is 5.78 Å². The minimum Gasteiger partial charge on any atom is -0.496 e. The molecule has 1 fully saturated rings. The zero-order chi connectivity index (χ0) is 15.4. The second-order valence-electron chi connectivity index (χ2n) is 6.38. The molecule has 3 heteroatoms. The number of carbonyl (C=O) groups is 1. The molecule has 0 bridgehead atoms. The molecular formula is C18H27NO2. The van der Waals surface area contributed by atoms with E-state index in [1.165, 1.54) is 12.8 Å². The molecule has 0 saturated carbocycles. The average molecular weight is 289 g/mol. The number of ether oxygens (including phenoxy) is 1. The summed E-state index contributed by atoms with van der Waals surface area (Å²) >= 11 is 0. The van der Waals surface area contributed by atoms with Gasteiger partial charge < -0.3 is 9.64 Å². The lowest BCUT2D eigenvalue weighted by Crippen LogP contribution is -2.35. The van der Waals surface area contributed by atoms with Crippen LogP contribution >= 0.6 is 0 Å². The van der Waals surface area contributed by atoms with E-state index < -0.39 is 0 Å². The first-order valence-electron chi connectivity index (χ1n) is 7.92. The first-order valence-corrected chi connectivity index (χ1v) is 7.92. The number of piperidine rings is 1. The summed E-state index contributed by atoms with van der Waals surface area (Å²) in [4.78, 5) is 15.0. The quantitative estimate of drug-likeness (QED) is 0.775. The van der Waals surface area contributed by atoms with E-state index in [1.807, 2.05) is 19.9 Å². The lowest BCUT2D eigenvalue weighted by molar-refractivity contribution is 0.0946. The Balaban J connectivity index is 2.03. The fourth-order valence-corrected chi connectivity index (χ4v) is 3.32. The lowest BCUT2D eigenvalue weighted by Gasteiger charge is -2.30. The number of benzene rings is 1. The Morgan fingerprint density at radius 1 is 1.38 bits per heavy atom. The Morgan fingerprint density at radius 3 is 2.81 bits per heavy atom. The molecule has 1 aromatic carbocycles. The summed E-state index contributed by atoms with van der Waals surface area (Å²) in [6.45, 7) is 9.42. The van der Waals surface area contributed by atoms with Crippen LogP contribution in [0.25, 0.3) is 0 Å². The molecule has 0 aromatic heterocycles. The molecule has 0 N–H and O–H groups in total. The van der Waals surface area contributed by atoms with Gasteiger partial charge in [0.2, 0.25) is 0 Å². The van der Waals surface area contributed by atoms with Crippen molar-refractivity contribution in [2.45, 2.75) is 40.0 Å². The van der Waals surface area contributed by atoms with E-state index in [4.69, 9.17) is 4.74 Å². The normalized spacial score (nSPS) is 19.5. The molecule has 0 aliphatic carbocycles. The largest absolute Gasteiger partial charge is 0.496 e. The first-order chi connectivity index (χ1) is 10.0. The number of aryl methyl sites for hydroxylation is 2. The number of rotatable bonds is 5. The van der Waals surface area contributed by atoms with Crippen molar-refractivity contribution in [3.05, 3.63) is 28.8 Å². The van der Waals surface area contributed by atoms with Crippen LogP contribution in [-0.2, 0) is 0 Å². The second kappa shape index (κ2) is 7.08. The van der Waals surface area contributed by atoms with Gasteiger partial charge in [-0.2, -0.15) is 0 Å². The fourth-order valence-electron chi connectivity index (χ4n) is 3.32. The van der Waals surface area contributed by atoms with Crippen LogP contribution in [0.4, 0.5) is 0 Å². The highest BCUT2D eigenvalue weighted by atomic mass is 16.5. The summed E-state index contributed by atoms with van der Waals surface area (Å²) in [6, 6.07) is 4.01. The molecule has 21 heavy (non-hydrogen) atoms. The smallest absolute Gasteiger partial charge is 0.167 e. The van der Waals surface area contributed by atoms with Crippen LogP contribution in [-0.4, -0.2) is 37.4 Å². The van der Waals surface area contributed by atoms with E-state index >= 15 is 0 Å². The number of ketones is 1. The maximum Gasteiger partial charge on any atom is 0.167 e. The highest BCUT2D eigenvalue weighted by Gasteiger charge is 2.19. The van der Waals surface area contributed by atoms with Gasteiger partial charge in [-0.1, -0.05) is 13.0 Å². The van der Waals surface area contributed by atoms with E-state index in [-0.39, 0.29) is 5.78 Å². The van der Waals surface area contributed by atoms with E-state index in [0.717, 1.165) is 48.0 Å². The Morgan fingerprint density at radius 2 is 2.14 bits per heavy atom. The number of carbonyl (C=O) groups excluding carboxylic acids is 1. The standard InChI is InChI=1S/C18H27NO2/c1-13-6-5-8-19(12-13)9-7-17(20)16-11-14(2)10-15(3)18(16)21-4/h10-11,13H,5-9,12H2,1-4H3. The van der Waals surface area contributed by atoms with Crippen molar-refractivity contribution in [2.75, 3.05) is 26.7 Å². The highest BCUT2D eigenvalue weighted by Crippen LogP contribution is 2.26. The number of Topliss-reactive ketones (excluding diaryl/α,β-unsaturated/α-hetero) is 1. The van der Waals surface area contributed by atoms with E-state index in [0.29, 0.717) is 6.42 Å². The number of methoxy groups -OCH3 is 1. The summed E-state index contributed by atoms with van der Waals surface area (Å²) in [5.74, 6) is 1.68. The third-order valence-corrected chi connectivity index (χ3v) is 4.32. The van der Waals surface area contributed by atoms with Gasteiger partial charge in [-0.3, -0.25) is 4.79 Å². The van der Waals surface area contributed by atoms with Crippen molar-refractivity contribution in [3.63, 3.8) is 0 Å². The van der Waals surface area contributed by atoms with Crippen LogP contribution in [0.15, 0.2) is 12.1 Å². The van der Waals surface area contributed by atoms with Crippen molar-refractivity contribution in [3.8, 4) is 5.75 Å². The van der Waals surface area contributed by atoms with Gasteiger partial charge in [0, 0.05) is 19.5 Å². The molecule has 0 radical (unpaired) electrons. The number of nitrogens with zero attached hydrogens (tertiary/aromatic N) is 1. The van der Waals surface area contributed by atoms with Gasteiger partial charge in [0.25, 0.3) is 0 Å². The Bertz CT molecular complexity index is 510. The van der Waals surface area contributed by atoms with Crippen LogP contribution in [0.2, 0.25) is 0 Å². The topological polar surface area (TPSA) is 29.5 Å². The Labute approximate surface area is 128 Å². The molecule has 0 spiro atoms. The van der Waals surface area contributed by atoms with Crippen molar-refractivity contribution in [1.29, 1.82) is 0 Å². The Hall–Kier alpha value is -1.35. The van der Waals surface area contributed by atoms with Crippen LogP contribution in [0, 0.1) is 19.8 Å². The number of likely N-dealkylation sites (tertiary alicyclic amines) is 1. The van der Waals surface area contributed by atoms with E-state index in [2.05, 4.69) is 17.9 Å². The molecule has 1 aromatic rings. The highest BCUT2D eigenvalue weighted by molar-refractivity contribution is 5.99. The first kappa shape index (κ1) is 16.0. The van der Waals surface area contributed by atoms with Crippen LogP contribution < -0.4 is 4.74 Å². The van der Waals surface area contributed by atoms with Crippen molar-refractivity contribution in [1.82, 2.24) is 4.90 Å². The molecule has 2 rings (SSSR count). The second-order valence-corrected chi connectivity index (χ2v) is 6.38. The van der Waals surface area contributed by atoms with Gasteiger partial charge in [-0.25, -0.2) is 0 Å². The molecule has 1 unspecified atom stereocenters. The van der Waals surface area contributed by atoms with Crippen LogP contribution in [0.1, 0.15) is 47.7 Å². The third-order valence-electron chi connectivity index (χ3n) is 4.32.